The van der Waals surface area contributed by atoms with Crippen molar-refractivity contribution in [1.82, 2.24) is 10.1 Å². The Morgan fingerprint density at radius 3 is 2.30 bits per heavy atom. The standard InChI is InChI=1S/C16H23N3O4/c1-6-7-14-18-16(23-19-14)10(2)17-11-8-12(20-3)15(22-5)13(9-11)21-4/h8-10,17H,6-7H2,1-5H3/t10-/m1/s1. The van der Waals surface area contributed by atoms with Crippen LogP contribution in [0, 0.1) is 0 Å². The molecule has 1 aromatic heterocycles. The van der Waals surface area contributed by atoms with Crippen LogP contribution in [0.2, 0.25) is 0 Å². The van der Waals surface area contributed by atoms with E-state index in [9.17, 15) is 0 Å². The molecule has 2 rings (SSSR count). The SMILES string of the molecule is CCCc1noc([C@@H](C)Nc2cc(OC)c(OC)c(OC)c2)n1. The Morgan fingerprint density at radius 1 is 1.13 bits per heavy atom. The molecule has 0 unspecified atom stereocenters. The average molecular weight is 321 g/mol. The van der Waals surface area contributed by atoms with Crippen LogP contribution in [0.1, 0.15) is 38.0 Å². The molecule has 1 N–H and O–H groups in total. The lowest BCUT2D eigenvalue weighted by molar-refractivity contribution is 0.324. The number of aromatic nitrogens is 2. The largest absolute Gasteiger partial charge is 0.493 e. The maximum absolute atomic E-state index is 5.35. The summed E-state index contributed by atoms with van der Waals surface area (Å²) in [5.74, 6) is 2.98. The van der Waals surface area contributed by atoms with Crippen molar-refractivity contribution in [2.24, 2.45) is 0 Å². The van der Waals surface area contributed by atoms with E-state index in [1.54, 1.807) is 21.3 Å². The van der Waals surface area contributed by atoms with Gasteiger partial charge in [-0.1, -0.05) is 12.1 Å². The number of rotatable bonds is 8. The molecule has 23 heavy (non-hydrogen) atoms. The molecule has 0 radical (unpaired) electrons. The van der Waals surface area contributed by atoms with Crippen LogP contribution in [-0.4, -0.2) is 31.5 Å². The van der Waals surface area contributed by atoms with E-state index >= 15 is 0 Å². The van der Waals surface area contributed by atoms with E-state index < -0.39 is 0 Å². The first-order valence-electron chi connectivity index (χ1n) is 7.51. The molecule has 0 saturated carbocycles. The van der Waals surface area contributed by atoms with E-state index in [2.05, 4.69) is 22.4 Å². The minimum Gasteiger partial charge on any atom is -0.493 e. The molecule has 0 aliphatic heterocycles. The molecule has 7 heteroatoms. The zero-order chi connectivity index (χ0) is 16.8. The summed E-state index contributed by atoms with van der Waals surface area (Å²) in [6.07, 6.45) is 1.79. The molecule has 1 atom stereocenters. The van der Waals surface area contributed by atoms with Crippen LogP contribution in [0.5, 0.6) is 17.2 Å². The molecule has 2 aromatic rings. The maximum Gasteiger partial charge on any atom is 0.248 e. The molecule has 0 bridgehead atoms. The number of aryl methyl sites for hydroxylation is 1. The van der Waals surface area contributed by atoms with Crippen molar-refractivity contribution in [2.75, 3.05) is 26.6 Å². The maximum atomic E-state index is 5.35. The number of anilines is 1. The molecule has 0 spiro atoms. The van der Waals surface area contributed by atoms with Gasteiger partial charge in [0, 0.05) is 24.2 Å². The summed E-state index contributed by atoms with van der Waals surface area (Å²) >= 11 is 0. The Hall–Kier alpha value is -2.44. The Kier molecular flexibility index (Phi) is 5.67. The zero-order valence-electron chi connectivity index (χ0n) is 14.2. The number of nitrogens with zero attached hydrogens (tertiary/aromatic N) is 2. The summed E-state index contributed by atoms with van der Waals surface area (Å²) in [4.78, 5) is 4.39. The number of methoxy groups -OCH3 is 3. The Bertz CT molecular complexity index is 617. The summed E-state index contributed by atoms with van der Waals surface area (Å²) in [5.41, 5.74) is 0.808. The highest BCUT2D eigenvalue weighted by atomic mass is 16.5. The third-order valence-corrected chi connectivity index (χ3v) is 3.38. The second-order valence-corrected chi connectivity index (χ2v) is 5.08. The third kappa shape index (κ3) is 3.85. The van der Waals surface area contributed by atoms with Crippen molar-refractivity contribution in [3.63, 3.8) is 0 Å². The van der Waals surface area contributed by atoms with Crippen LogP contribution in [0.25, 0.3) is 0 Å². The molecule has 0 aliphatic rings. The van der Waals surface area contributed by atoms with Gasteiger partial charge >= 0.3 is 0 Å². The lowest BCUT2D eigenvalue weighted by atomic mass is 10.2. The van der Waals surface area contributed by atoms with Crippen LogP contribution >= 0.6 is 0 Å². The van der Waals surface area contributed by atoms with E-state index in [1.165, 1.54) is 0 Å². The van der Waals surface area contributed by atoms with Gasteiger partial charge in [-0.3, -0.25) is 0 Å². The molecule has 1 aromatic carbocycles. The van der Waals surface area contributed by atoms with E-state index in [1.807, 2.05) is 19.1 Å². The van der Waals surface area contributed by atoms with Crippen molar-refractivity contribution >= 4 is 5.69 Å². The molecular formula is C16H23N3O4. The van der Waals surface area contributed by atoms with Crippen LogP contribution in [0.3, 0.4) is 0 Å². The number of hydrogen-bond donors (Lipinski definition) is 1. The van der Waals surface area contributed by atoms with Gasteiger partial charge in [0.05, 0.1) is 21.3 Å². The second-order valence-electron chi connectivity index (χ2n) is 5.08. The van der Waals surface area contributed by atoms with Gasteiger partial charge in [-0.05, 0) is 13.3 Å². The van der Waals surface area contributed by atoms with Gasteiger partial charge in [-0.15, -0.1) is 0 Å². The molecule has 1 heterocycles. The monoisotopic (exact) mass is 321 g/mol. The molecule has 0 saturated heterocycles. The van der Waals surface area contributed by atoms with Crippen molar-refractivity contribution in [3.05, 3.63) is 23.8 Å². The van der Waals surface area contributed by atoms with Gasteiger partial charge in [0.15, 0.2) is 17.3 Å². The van der Waals surface area contributed by atoms with Gasteiger partial charge in [0.1, 0.15) is 6.04 Å². The Balaban J connectivity index is 2.21. The number of nitrogens with one attached hydrogen (secondary N) is 1. The smallest absolute Gasteiger partial charge is 0.248 e. The molecule has 0 amide bonds. The Labute approximate surface area is 135 Å². The third-order valence-electron chi connectivity index (χ3n) is 3.38. The molecule has 0 aliphatic carbocycles. The highest BCUT2D eigenvalue weighted by Gasteiger charge is 2.17. The number of hydrogen-bond acceptors (Lipinski definition) is 7. The van der Waals surface area contributed by atoms with Crippen molar-refractivity contribution in [3.8, 4) is 17.2 Å². The molecular weight excluding hydrogens is 298 g/mol. The first-order chi connectivity index (χ1) is 11.1. The number of ether oxygens (including phenoxy) is 3. The summed E-state index contributed by atoms with van der Waals surface area (Å²) in [5, 5.41) is 7.27. The second kappa shape index (κ2) is 7.71. The summed E-state index contributed by atoms with van der Waals surface area (Å²) in [6, 6.07) is 3.53. The Morgan fingerprint density at radius 2 is 1.78 bits per heavy atom. The normalized spacial score (nSPS) is 11.9. The lowest BCUT2D eigenvalue weighted by Gasteiger charge is -2.16. The van der Waals surface area contributed by atoms with Gasteiger partial charge < -0.3 is 24.1 Å². The lowest BCUT2D eigenvalue weighted by Crippen LogP contribution is -2.08. The van der Waals surface area contributed by atoms with Crippen molar-refractivity contribution in [1.29, 1.82) is 0 Å². The zero-order valence-corrected chi connectivity index (χ0v) is 14.2. The molecule has 126 valence electrons. The van der Waals surface area contributed by atoms with Crippen LogP contribution in [0.4, 0.5) is 5.69 Å². The number of benzene rings is 1. The van der Waals surface area contributed by atoms with Crippen LogP contribution < -0.4 is 19.5 Å². The predicted molar refractivity (Wildman–Crippen MR) is 86.4 cm³/mol. The highest BCUT2D eigenvalue weighted by molar-refractivity contribution is 5.62. The summed E-state index contributed by atoms with van der Waals surface area (Å²) < 4.78 is 21.3. The fourth-order valence-electron chi connectivity index (χ4n) is 2.24. The fourth-order valence-corrected chi connectivity index (χ4v) is 2.24. The summed E-state index contributed by atoms with van der Waals surface area (Å²) in [7, 11) is 4.74. The summed E-state index contributed by atoms with van der Waals surface area (Å²) in [6.45, 7) is 4.03. The first kappa shape index (κ1) is 16.9. The molecule has 0 fully saturated rings. The predicted octanol–water partition coefficient (Wildman–Crippen LogP) is 3.22. The topological polar surface area (TPSA) is 78.6 Å². The quantitative estimate of drug-likeness (QED) is 0.799. The van der Waals surface area contributed by atoms with E-state index in [0.29, 0.717) is 23.1 Å². The van der Waals surface area contributed by atoms with Crippen LogP contribution in [-0.2, 0) is 6.42 Å². The van der Waals surface area contributed by atoms with Gasteiger partial charge in [0.2, 0.25) is 11.6 Å². The van der Waals surface area contributed by atoms with E-state index in [-0.39, 0.29) is 6.04 Å². The average Bonchev–Trinajstić information content (AvgIpc) is 3.03. The van der Waals surface area contributed by atoms with E-state index in [4.69, 9.17) is 18.7 Å². The highest BCUT2D eigenvalue weighted by Crippen LogP contribution is 2.40. The van der Waals surface area contributed by atoms with Crippen LogP contribution in [0.15, 0.2) is 16.7 Å². The van der Waals surface area contributed by atoms with Gasteiger partial charge in [-0.2, -0.15) is 4.98 Å². The van der Waals surface area contributed by atoms with Gasteiger partial charge in [0.25, 0.3) is 0 Å². The minimum atomic E-state index is -0.143. The molecule has 7 nitrogen and oxygen atoms in total. The van der Waals surface area contributed by atoms with Gasteiger partial charge in [-0.25, -0.2) is 0 Å². The van der Waals surface area contributed by atoms with Crippen molar-refractivity contribution < 1.29 is 18.7 Å². The minimum absolute atomic E-state index is 0.143. The first-order valence-corrected chi connectivity index (χ1v) is 7.51. The fraction of sp³-hybridized carbons (Fsp3) is 0.500. The van der Waals surface area contributed by atoms with E-state index in [0.717, 1.165) is 24.4 Å². The van der Waals surface area contributed by atoms with Crippen molar-refractivity contribution in [2.45, 2.75) is 32.7 Å².